The third kappa shape index (κ3) is 5.52. The first-order chi connectivity index (χ1) is 9.20. The molecule has 0 bridgehead atoms. The Balaban J connectivity index is 2.51. The molecular formula is C13H19F2NO3S. The average Bonchev–Trinajstić information content (AvgIpc) is 2.36. The second-order valence-corrected chi connectivity index (χ2v) is 7.14. The molecule has 0 aliphatic rings. The summed E-state index contributed by atoms with van der Waals surface area (Å²) in [5.41, 5.74) is -0.0819. The Morgan fingerprint density at radius 3 is 2.55 bits per heavy atom. The summed E-state index contributed by atoms with van der Waals surface area (Å²) in [4.78, 5) is 1.72. The monoisotopic (exact) mass is 307 g/mol. The van der Waals surface area contributed by atoms with Crippen LogP contribution in [0, 0.1) is 11.6 Å². The summed E-state index contributed by atoms with van der Waals surface area (Å²) in [5.74, 6) is -2.01. The van der Waals surface area contributed by atoms with Crippen LogP contribution >= 0.6 is 0 Å². The Kier molecular flexibility index (Phi) is 6.04. The molecule has 0 aromatic heterocycles. The molecule has 1 atom stereocenters. The van der Waals surface area contributed by atoms with Crippen molar-refractivity contribution < 1.29 is 22.3 Å². The SMILES string of the molecule is CN(CCC(O)c1cccc(F)c1F)CCS(C)(=O)=O. The Bertz CT molecular complexity index is 549. The number of hydrogen-bond donors (Lipinski definition) is 1. The van der Waals surface area contributed by atoms with Crippen molar-refractivity contribution in [2.75, 3.05) is 32.1 Å². The largest absolute Gasteiger partial charge is 0.388 e. The predicted octanol–water partition coefficient (Wildman–Crippen LogP) is 1.36. The van der Waals surface area contributed by atoms with Gasteiger partial charge in [-0.1, -0.05) is 12.1 Å². The van der Waals surface area contributed by atoms with Gasteiger partial charge in [-0.3, -0.25) is 0 Å². The van der Waals surface area contributed by atoms with Crippen LogP contribution in [0.2, 0.25) is 0 Å². The number of benzene rings is 1. The second-order valence-electron chi connectivity index (χ2n) is 4.88. The van der Waals surface area contributed by atoms with Gasteiger partial charge in [-0.2, -0.15) is 0 Å². The van der Waals surface area contributed by atoms with E-state index in [1.165, 1.54) is 12.1 Å². The maximum atomic E-state index is 13.5. The molecule has 1 unspecified atom stereocenters. The molecule has 0 aliphatic heterocycles. The summed E-state index contributed by atoms with van der Waals surface area (Å²) < 4.78 is 48.5. The van der Waals surface area contributed by atoms with Crippen molar-refractivity contribution in [1.82, 2.24) is 4.90 Å². The Hall–Kier alpha value is -1.05. The smallest absolute Gasteiger partial charge is 0.164 e. The molecule has 0 heterocycles. The van der Waals surface area contributed by atoms with Gasteiger partial charge in [0, 0.05) is 24.9 Å². The van der Waals surface area contributed by atoms with Gasteiger partial charge in [-0.25, -0.2) is 17.2 Å². The van der Waals surface area contributed by atoms with Gasteiger partial charge in [0.15, 0.2) is 11.6 Å². The van der Waals surface area contributed by atoms with E-state index in [2.05, 4.69) is 0 Å². The van der Waals surface area contributed by atoms with E-state index >= 15 is 0 Å². The van der Waals surface area contributed by atoms with Gasteiger partial charge in [0.1, 0.15) is 9.84 Å². The lowest BCUT2D eigenvalue weighted by molar-refractivity contribution is 0.145. The van der Waals surface area contributed by atoms with Gasteiger partial charge < -0.3 is 10.0 Å². The number of halogens is 2. The van der Waals surface area contributed by atoms with Crippen LogP contribution < -0.4 is 0 Å². The maximum Gasteiger partial charge on any atom is 0.164 e. The highest BCUT2D eigenvalue weighted by molar-refractivity contribution is 7.90. The molecule has 0 saturated carbocycles. The molecule has 0 spiro atoms. The fraction of sp³-hybridized carbons (Fsp3) is 0.538. The predicted molar refractivity (Wildman–Crippen MR) is 73.1 cm³/mol. The zero-order chi connectivity index (χ0) is 15.3. The third-order valence-electron chi connectivity index (χ3n) is 2.97. The van der Waals surface area contributed by atoms with Crippen molar-refractivity contribution in [1.29, 1.82) is 0 Å². The number of aliphatic hydroxyl groups excluding tert-OH is 1. The lowest BCUT2D eigenvalue weighted by Crippen LogP contribution is -2.27. The van der Waals surface area contributed by atoms with Crippen LogP contribution in [-0.4, -0.2) is 50.6 Å². The Labute approximate surface area is 117 Å². The van der Waals surface area contributed by atoms with Crippen molar-refractivity contribution in [3.63, 3.8) is 0 Å². The molecule has 1 N–H and O–H groups in total. The first-order valence-electron chi connectivity index (χ1n) is 6.19. The van der Waals surface area contributed by atoms with Crippen LogP contribution in [0.25, 0.3) is 0 Å². The highest BCUT2D eigenvalue weighted by Gasteiger charge is 2.16. The summed E-state index contributed by atoms with van der Waals surface area (Å²) in [6, 6.07) is 3.66. The number of nitrogens with zero attached hydrogens (tertiary/aromatic N) is 1. The average molecular weight is 307 g/mol. The summed E-state index contributed by atoms with van der Waals surface area (Å²) >= 11 is 0. The van der Waals surface area contributed by atoms with Crippen molar-refractivity contribution in [2.24, 2.45) is 0 Å². The normalized spacial score (nSPS) is 13.7. The van der Waals surface area contributed by atoms with Crippen molar-refractivity contribution in [3.8, 4) is 0 Å². The van der Waals surface area contributed by atoms with E-state index in [4.69, 9.17) is 0 Å². The molecule has 0 amide bonds. The Morgan fingerprint density at radius 2 is 1.95 bits per heavy atom. The third-order valence-corrected chi connectivity index (χ3v) is 3.89. The first-order valence-corrected chi connectivity index (χ1v) is 8.25. The van der Waals surface area contributed by atoms with Gasteiger partial charge in [0.25, 0.3) is 0 Å². The lowest BCUT2D eigenvalue weighted by atomic mass is 10.1. The lowest BCUT2D eigenvalue weighted by Gasteiger charge is -2.19. The summed E-state index contributed by atoms with van der Waals surface area (Å²) in [5, 5.41) is 9.85. The fourth-order valence-electron chi connectivity index (χ4n) is 1.71. The van der Waals surface area contributed by atoms with Crippen LogP contribution in [0.3, 0.4) is 0 Å². The molecule has 1 aromatic carbocycles. The zero-order valence-corrected chi connectivity index (χ0v) is 12.3. The quantitative estimate of drug-likeness (QED) is 0.826. The topological polar surface area (TPSA) is 57.6 Å². The molecule has 4 nitrogen and oxygen atoms in total. The summed E-state index contributed by atoms with van der Waals surface area (Å²) in [7, 11) is -1.33. The van der Waals surface area contributed by atoms with Crippen LogP contribution in [0.1, 0.15) is 18.1 Å². The van der Waals surface area contributed by atoms with Gasteiger partial charge >= 0.3 is 0 Å². The molecule has 0 aliphatic carbocycles. The molecule has 0 fully saturated rings. The Morgan fingerprint density at radius 1 is 1.30 bits per heavy atom. The number of sulfone groups is 1. The molecule has 1 aromatic rings. The van der Waals surface area contributed by atoms with E-state index in [0.717, 1.165) is 12.3 Å². The fourth-order valence-corrected chi connectivity index (χ4v) is 2.35. The van der Waals surface area contributed by atoms with E-state index in [9.17, 15) is 22.3 Å². The van der Waals surface area contributed by atoms with Gasteiger partial charge in [0.05, 0.1) is 11.9 Å². The zero-order valence-electron chi connectivity index (χ0n) is 11.5. The number of rotatable bonds is 7. The molecule has 0 radical (unpaired) electrons. The van der Waals surface area contributed by atoms with Crippen molar-refractivity contribution in [2.45, 2.75) is 12.5 Å². The minimum atomic E-state index is -3.04. The molecule has 0 saturated heterocycles. The van der Waals surface area contributed by atoms with E-state index in [0.29, 0.717) is 13.1 Å². The van der Waals surface area contributed by atoms with Crippen LogP contribution in [0.4, 0.5) is 8.78 Å². The van der Waals surface area contributed by atoms with Gasteiger partial charge in [0.2, 0.25) is 0 Å². The highest BCUT2D eigenvalue weighted by atomic mass is 32.2. The maximum absolute atomic E-state index is 13.5. The van der Waals surface area contributed by atoms with E-state index in [1.807, 2.05) is 0 Å². The molecule has 20 heavy (non-hydrogen) atoms. The van der Waals surface area contributed by atoms with Gasteiger partial charge in [-0.15, -0.1) is 0 Å². The second kappa shape index (κ2) is 7.10. The first kappa shape index (κ1) is 17.0. The minimum Gasteiger partial charge on any atom is -0.388 e. The van der Waals surface area contributed by atoms with Crippen LogP contribution in [0.5, 0.6) is 0 Å². The minimum absolute atomic E-state index is 0.0217. The van der Waals surface area contributed by atoms with Crippen molar-refractivity contribution >= 4 is 9.84 Å². The number of hydrogen-bond acceptors (Lipinski definition) is 4. The molecule has 7 heteroatoms. The van der Waals surface area contributed by atoms with E-state index < -0.39 is 27.6 Å². The molecular weight excluding hydrogens is 288 g/mol. The standard InChI is InChI=1S/C13H19F2NO3S/c1-16(8-9-20(2,18)19)7-6-12(17)10-4-3-5-11(14)13(10)15/h3-5,12,17H,6-9H2,1-2H3. The highest BCUT2D eigenvalue weighted by Crippen LogP contribution is 2.21. The summed E-state index contributed by atoms with van der Waals surface area (Å²) in [6.07, 6.45) is 0.227. The molecule has 114 valence electrons. The summed E-state index contributed by atoms with van der Waals surface area (Å²) in [6.45, 7) is 0.712. The van der Waals surface area contributed by atoms with Gasteiger partial charge in [-0.05, 0) is 19.5 Å². The van der Waals surface area contributed by atoms with E-state index in [-0.39, 0.29) is 17.7 Å². The van der Waals surface area contributed by atoms with Crippen LogP contribution in [-0.2, 0) is 9.84 Å². The molecule has 1 rings (SSSR count). The van der Waals surface area contributed by atoms with E-state index in [1.54, 1.807) is 11.9 Å². The van der Waals surface area contributed by atoms with Crippen molar-refractivity contribution in [3.05, 3.63) is 35.4 Å². The van der Waals surface area contributed by atoms with Crippen LogP contribution in [0.15, 0.2) is 18.2 Å². The number of aliphatic hydroxyl groups is 1.